The van der Waals surface area contributed by atoms with Crippen LogP contribution in [0, 0.1) is 11.6 Å². The van der Waals surface area contributed by atoms with Gasteiger partial charge in [0.05, 0.1) is 5.69 Å². The molecule has 4 nitrogen and oxygen atoms in total. The fourth-order valence-corrected chi connectivity index (χ4v) is 1.75. The molecule has 94 valence electrons. The van der Waals surface area contributed by atoms with Gasteiger partial charge in [0.25, 0.3) is 0 Å². The summed E-state index contributed by atoms with van der Waals surface area (Å²) in [5.41, 5.74) is 11.0. The molecule has 0 unspecified atom stereocenters. The number of halogens is 3. The van der Waals surface area contributed by atoms with E-state index in [1.165, 1.54) is 12.1 Å². The average molecular weight is 315 g/mol. The quantitative estimate of drug-likeness (QED) is 0.796. The second kappa shape index (κ2) is 4.77. The molecular formula is C11H9BrF2N4. The fraction of sp³-hybridized carbons (Fsp3) is 0. The van der Waals surface area contributed by atoms with Gasteiger partial charge < -0.3 is 16.8 Å². The number of nitrogens with zero attached hydrogens (tertiary/aromatic N) is 1. The van der Waals surface area contributed by atoms with E-state index in [1.54, 1.807) is 0 Å². The Morgan fingerprint density at radius 2 is 1.72 bits per heavy atom. The largest absolute Gasteiger partial charge is 0.396 e. The molecule has 7 heteroatoms. The van der Waals surface area contributed by atoms with Crippen LogP contribution in [0.25, 0.3) is 0 Å². The molecule has 0 radical (unpaired) electrons. The normalized spacial score (nSPS) is 10.4. The van der Waals surface area contributed by atoms with Crippen molar-refractivity contribution >= 4 is 38.9 Å². The van der Waals surface area contributed by atoms with Crippen LogP contribution in [0.1, 0.15) is 0 Å². The Balaban J connectivity index is 2.37. The highest BCUT2D eigenvalue weighted by Crippen LogP contribution is 2.27. The topological polar surface area (TPSA) is 77.0 Å². The van der Waals surface area contributed by atoms with Crippen LogP contribution in [0.15, 0.2) is 28.7 Å². The van der Waals surface area contributed by atoms with Crippen LogP contribution in [0.2, 0.25) is 0 Å². The predicted octanol–water partition coefficient (Wildman–Crippen LogP) is 3.03. The van der Waals surface area contributed by atoms with Gasteiger partial charge >= 0.3 is 0 Å². The number of rotatable bonds is 2. The van der Waals surface area contributed by atoms with Crippen molar-refractivity contribution in [2.75, 3.05) is 16.8 Å². The zero-order valence-corrected chi connectivity index (χ0v) is 10.6. The highest BCUT2D eigenvalue weighted by atomic mass is 79.9. The first-order chi connectivity index (χ1) is 8.47. The van der Waals surface area contributed by atoms with E-state index >= 15 is 0 Å². The van der Waals surface area contributed by atoms with E-state index in [-0.39, 0.29) is 17.3 Å². The van der Waals surface area contributed by atoms with Crippen LogP contribution in [-0.2, 0) is 0 Å². The fourth-order valence-electron chi connectivity index (χ4n) is 1.34. The van der Waals surface area contributed by atoms with Crippen molar-refractivity contribution in [1.82, 2.24) is 4.98 Å². The van der Waals surface area contributed by atoms with Gasteiger partial charge in [0.2, 0.25) is 0 Å². The Morgan fingerprint density at radius 1 is 1.11 bits per heavy atom. The second-order valence-electron chi connectivity index (χ2n) is 3.54. The third-order valence-corrected chi connectivity index (χ3v) is 2.68. The molecule has 0 aliphatic rings. The van der Waals surface area contributed by atoms with Crippen LogP contribution in [0.4, 0.5) is 31.8 Å². The molecule has 1 aromatic heterocycles. The van der Waals surface area contributed by atoms with Crippen molar-refractivity contribution in [3.05, 3.63) is 40.4 Å². The Morgan fingerprint density at radius 3 is 2.28 bits per heavy atom. The number of nitrogens with two attached hydrogens (primary N) is 2. The molecule has 0 bridgehead atoms. The Bertz CT molecular complexity index is 581. The maximum Gasteiger partial charge on any atom is 0.150 e. The maximum atomic E-state index is 13.6. The minimum atomic E-state index is -0.737. The van der Waals surface area contributed by atoms with Gasteiger partial charge in [-0.15, -0.1) is 0 Å². The van der Waals surface area contributed by atoms with Gasteiger partial charge in [0, 0.05) is 4.47 Å². The SMILES string of the molecule is Nc1ccc(Nc2c(F)cc(Br)cc2F)nc1N. The van der Waals surface area contributed by atoms with Gasteiger partial charge in [0.1, 0.15) is 17.3 Å². The number of pyridine rings is 1. The Labute approximate surface area is 110 Å². The Hall–Kier alpha value is -1.89. The van der Waals surface area contributed by atoms with Gasteiger partial charge in [-0.05, 0) is 24.3 Å². The van der Waals surface area contributed by atoms with Crippen LogP contribution in [0.5, 0.6) is 0 Å². The van der Waals surface area contributed by atoms with Gasteiger partial charge in [-0.2, -0.15) is 0 Å². The van der Waals surface area contributed by atoms with E-state index in [0.29, 0.717) is 10.2 Å². The lowest BCUT2D eigenvalue weighted by Crippen LogP contribution is -2.03. The third kappa shape index (κ3) is 2.51. The number of nitrogen functional groups attached to an aromatic ring is 2. The van der Waals surface area contributed by atoms with E-state index in [0.717, 1.165) is 12.1 Å². The number of aromatic nitrogens is 1. The maximum absolute atomic E-state index is 13.6. The van der Waals surface area contributed by atoms with Gasteiger partial charge in [0.15, 0.2) is 11.6 Å². The van der Waals surface area contributed by atoms with Crippen LogP contribution < -0.4 is 16.8 Å². The smallest absolute Gasteiger partial charge is 0.150 e. The highest BCUT2D eigenvalue weighted by molar-refractivity contribution is 9.10. The Kier molecular flexibility index (Phi) is 3.33. The van der Waals surface area contributed by atoms with Crippen molar-refractivity contribution < 1.29 is 8.78 Å². The molecule has 0 saturated heterocycles. The minimum absolute atomic E-state index is 0.0953. The summed E-state index contributed by atoms with van der Waals surface area (Å²) < 4.78 is 27.4. The lowest BCUT2D eigenvalue weighted by Gasteiger charge is -2.09. The number of nitrogens with one attached hydrogen (secondary N) is 1. The van der Waals surface area contributed by atoms with E-state index in [1.807, 2.05) is 0 Å². The van der Waals surface area contributed by atoms with Crippen molar-refractivity contribution in [2.24, 2.45) is 0 Å². The van der Waals surface area contributed by atoms with Gasteiger partial charge in [-0.1, -0.05) is 15.9 Å². The molecule has 0 spiro atoms. The summed E-state index contributed by atoms with van der Waals surface area (Å²) >= 11 is 2.99. The summed E-state index contributed by atoms with van der Waals surface area (Å²) in [7, 11) is 0. The lowest BCUT2D eigenvalue weighted by molar-refractivity contribution is 0.589. The first kappa shape index (κ1) is 12.6. The molecule has 5 N–H and O–H groups in total. The molecule has 18 heavy (non-hydrogen) atoms. The first-order valence-electron chi connectivity index (χ1n) is 4.91. The first-order valence-corrected chi connectivity index (χ1v) is 5.70. The summed E-state index contributed by atoms with van der Waals surface area (Å²) in [4.78, 5) is 3.87. The van der Waals surface area contributed by atoms with Crippen molar-refractivity contribution in [3.8, 4) is 0 Å². The van der Waals surface area contributed by atoms with E-state index in [9.17, 15) is 8.78 Å². The van der Waals surface area contributed by atoms with E-state index in [2.05, 4.69) is 26.2 Å². The van der Waals surface area contributed by atoms with E-state index in [4.69, 9.17) is 11.5 Å². The molecular weight excluding hydrogens is 306 g/mol. The summed E-state index contributed by atoms with van der Waals surface area (Å²) in [6.45, 7) is 0. The molecule has 0 aliphatic carbocycles. The minimum Gasteiger partial charge on any atom is -0.396 e. The molecule has 0 fully saturated rings. The van der Waals surface area contributed by atoms with Gasteiger partial charge in [-0.3, -0.25) is 0 Å². The van der Waals surface area contributed by atoms with Crippen molar-refractivity contribution in [1.29, 1.82) is 0 Å². The summed E-state index contributed by atoms with van der Waals surface area (Å²) in [6, 6.07) is 5.27. The molecule has 1 heterocycles. The van der Waals surface area contributed by atoms with Crippen LogP contribution in [-0.4, -0.2) is 4.98 Å². The van der Waals surface area contributed by atoms with E-state index < -0.39 is 11.6 Å². The standard InChI is InChI=1S/C11H9BrF2N4/c12-5-3-6(13)10(7(14)4-5)17-9-2-1-8(15)11(16)18-9/h1-4H,15H2,(H3,16,17,18). The number of hydrogen-bond acceptors (Lipinski definition) is 4. The molecule has 1 aromatic carbocycles. The van der Waals surface area contributed by atoms with Crippen LogP contribution >= 0.6 is 15.9 Å². The van der Waals surface area contributed by atoms with Gasteiger partial charge in [-0.25, -0.2) is 13.8 Å². The number of benzene rings is 1. The third-order valence-electron chi connectivity index (χ3n) is 2.22. The van der Waals surface area contributed by atoms with Crippen molar-refractivity contribution in [2.45, 2.75) is 0 Å². The molecule has 2 aromatic rings. The van der Waals surface area contributed by atoms with Crippen LogP contribution in [0.3, 0.4) is 0 Å². The summed E-state index contributed by atoms with van der Waals surface area (Å²) in [5.74, 6) is -1.17. The molecule has 2 rings (SSSR count). The summed E-state index contributed by atoms with van der Waals surface area (Å²) in [6.07, 6.45) is 0. The summed E-state index contributed by atoms with van der Waals surface area (Å²) in [5, 5.41) is 2.52. The zero-order chi connectivity index (χ0) is 13.3. The molecule has 0 saturated carbocycles. The molecule has 0 atom stereocenters. The number of hydrogen-bond donors (Lipinski definition) is 3. The second-order valence-corrected chi connectivity index (χ2v) is 4.46. The predicted molar refractivity (Wildman–Crippen MR) is 70.4 cm³/mol. The highest BCUT2D eigenvalue weighted by Gasteiger charge is 2.11. The zero-order valence-electron chi connectivity index (χ0n) is 9.05. The number of anilines is 4. The monoisotopic (exact) mass is 314 g/mol. The molecule has 0 amide bonds. The molecule has 0 aliphatic heterocycles. The lowest BCUT2D eigenvalue weighted by atomic mass is 10.3. The van der Waals surface area contributed by atoms with Crippen molar-refractivity contribution in [3.63, 3.8) is 0 Å². The average Bonchev–Trinajstić information content (AvgIpc) is 2.28.